The van der Waals surface area contributed by atoms with Crippen molar-refractivity contribution in [3.8, 4) is 17.1 Å². The summed E-state index contributed by atoms with van der Waals surface area (Å²) < 4.78 is 12.3. The third kappa shape index (κ3) is 4.58. The van der Waals surface area contributed by atoms with Crippen LogP contribution >= 0.6 is 15.9 Å². The number of hydrogen-bond acceptors (Lipinski definition) is 5. The fourth-order valence-electron chi connectivity index (χ4n) is 2.92. The van der Waals surface area contributed by atoms with Crippen LogP contribution in [0.15, 0.2) is 80.9 Å². The van der Waals surface area contributed by atoms with Crippen molar-refractivity contribution in [2.75, 3.05) is 6.61 Å². The quantitative estimate of drug-likeness (QED) is 0.319. The van der Waals surface area contributed by atoms with Gasteiger partial charge in [0.1, 0.15) is 22.8 Å². The van der Waals surface area contributed by atoms with Crippen LogP contribution in [0.4, 0.5) is 0 Å². The number of halogens is 1. The van der Waals surface area contributed by atoms with E-state index in [1.165, 1.54) is 6.21 Å². The summed E-state index contributed by atoms with van der Waals surface area (Å²) in [5.41, 5.74) is 5.24. The van der Waals surface area contributed by atoms with Crippen molar-refractivity contribution in [3.05, 3.63) is 82.7 Å². The minimum Gasteiger partial charge on any atom is -0.481 e. The smallest absolute Gasteiger partial charge is 0.277 e. The number of ether oxygens (including phenoxy) is 1. The molecular formula is C23H18BrN3O3. The third-order valence-corrected chi connectivity index (χ3v) is 5.01. The molecule has 4 rings (SSSR count). The summed E-state index contributed by atoms with van der Waals surface area (Å²) in [4.78, 5) is 16.3. The Hall–Kier alpha value is -3.45. The Balaban J connectivity index is 1.34. The number of aryl methyl sites for hydroxylation is 1. The molecule has 4 aromatic rings. The van der Waals surface area contributed by atoms with Crippen LogP contribution in [0.25, 0.3) is 22.2 Å². The van der Waals surface area contributed by atoms with Gasteiger partial charge in [-0.1, -0.05) is 40.2 Å². The van der Waals surface area contributed by atoms with E-state index in [1.807, 2.05) is 55.5 Å². The van der Waals surface area contributed by atoms with E-state index in [1.54, 1.807) is 18.3 Å². The fourth-order valence-corrected chi connectivity index (χ4v) is 3.61. The summed E-state index contributed by atoms with van der Waals surface area (Å²) in [6.07, 6.45) is 3.13. The van der Waals surface area contributed by atoms with Gasteiger partial charge in [0.2, 0.25) is 0 Å². The zero-order chi connectivity index (χ0) is 20.9. The van der Waals surface area contributed by atoms with Crippen LogP contribution in [0.3, 0.4) is 0 Å². The largest absolute Gasteiger partial charge is 0.481 e. The van der Waals surface area contributed by atoms with Crippen LogP contribution in [-0.4, -0.2) is 23.7 Å². The van der Waals surface area contributed by atoms with E-state index < -0.39 is 0 Å². The second kappa shape index (κ2) is 8.92. The zero-order valence-electron chi connectivity index (χ0n) is 16.1. The molecule has 1 N–H and O–H groups in total. The molecule has 0 spiro atoms. The maximum atomic E-state index is 12.0. The van der Waals surface area contributed by atoms with Crippen LogP contribution in [0.2, 0.25) is 0 Å². The van der Waals surface area contributed by atoms with Gasteiger partial charge in [-0.05, 0) is 48.9 Å². The van der Waals surface area contributed by atoms with E-state index in [4.69, 9.17) is 9.15 Å². The molecule has 0 aliphatic rings. The molecule has 2 heterocycles. The average molecular weight is 464 g/mol. The second-order valence-electron chi connectivity index (χ2n) is 6.60. The number of fused-ring (bicyclic) bond motifs is 1. The van der Waals surface area contributed by atoms with Gasteiger partial charge in [-0.2, -0.15) is 5.10 Å². The van der Waals surface area contributed by atoms with Gasteiger partial charge >= 0.3 is 0 Å². The fraction of sp³-hybridized carbons (Fsp3) is 0.0870. The average Bonchev–Trinajstić information content (AvgIpc) is 3.20. The Morgan fingerprint density at radius 2 is 2.07 bits per heavy atom. The maximum absolute atomic E-state index is 12.0. The first-order valence-electron chi connectivity index (χ1n) is 9.25. The van der Waals surface area contributed by atoms with Gasteiger partial charge in [0.05, 0.1) is 6.21 Å². The lowest BCUT2D eigenvalue weighted by Crippen LogP contribution is -2.24. The number of carbonyl (C=O) groups is 1. The molecule has 0 unspecified atom stereocenters. The zero-order valence-corrected chi connectivity index (χ0v) is 17.7. The molecule has 0 aliphatic carbocycles. The van der Waals surface area contributed by atoms with E-state index in [-0.39, 0.29) is 12.5 Å². The van der Waals surface area contributed by atoms with Crippen LogP contribution in [0, 0.1) is 6.92 Å². The first kappa shape index (κ1) is 19.8. The molecule has 0 atom stereocenters. The van der Waals surface area contributed by atoms with E-state index in [9.17, 15) is 4.79 Å². The molecule has 150 valence electrons. The molecule has 6 nitrogen and oxygen atoms in total. The van der Waals surface area contributed by atoms with Crippen molar-refractivity contribution < 1.29 is 13.9 Å². The van der Waals surface area contributed by atoms with Gasteiger partial charge in [0.15, 0.2) is 6.61 Å². The van der Waals surface area contributed by atoms with Gasteiger partial charge in [-0.15, -0.1) is 0 Å². The second-order valence-corrected chi connectivity index (χ2v) is 7.45. The summed E-state index contributed by atoms with van der Waals surface area (Å²) in [6, 6.07) is 19.0. The Labute approximate surface area is 181 Å². The lowest BCUT2D eigenvalue weighted by molar-refractivity contribution is -0.123. The number of nitrogens with zero attached hydrogens (tertiary/aromatic N) is 2. The lowest BCUT2D eigenvalue weighted by Gasteiger charge is -2.07. The first-order valence-corrected chi connectivity index (χ1v) is 10.0. The van der Waals surface area contributed by atoms with Crippen molar-refractivity contribution in [2.45, 2.75) is 6.92 Å². The number of hydrazone groups is 1. The van der Waals surface area contributed by atoms with Crippen molar-refractivity contribution in [1.29, 1.82) is 0 Å². The summed E-state index contributed by atoms with van der Waals surface area (Å²) in [5.74, 6) is 1.40. The first-order chi connectivity index (χ1) is 14.6. The molecular weight excluding hydrogens is 446 g/mol. The normalized spacial score (nSPS) is 11.1. The molecule has 1 amide bonds. The molecule has 0 aliphatic heterocycles. The van der Waals surface area contributed by atoms with Gasteiger partial charge in [-0.25, -0.2) is 5.43 Å². The highest BCUT2D eigenvalue weighted by atomic mass is 79.9. The van der Waals surface area contributed by atoms with Crippen molar-refractivity contribution in [2.24, 2.45) is 5.10 Å². The number of hydrogen-bond donors (Lipinski definition) is 1. The number of aromatic nitrogens is 1. The van der Waals surface area contributed by atoms with E-state index in [2.05, 4.69) is 31.4 Å². The van der Waals surface area contributed by atoms with Gasteiger partial charge in [0, 0.05) is 21.6 Å². The summed E-state index contributed by atoms with van der Waals surface area (Å²) >= 11 is 3.55. The predicted octanol–water partition coefficient (Wildman–Crippen LogP) is 5.09. The molecule has 2 aromatic carbocycles. The summed E-state index contributed by atoms with van der Waals surface area (Å²) in [7, 11) is 0. The standard InChI is InChI=1S/C23H18BrN3O3/c1-15-7-9-18(19(24)12-15)20-10-8-17(30-20)13-26-27-22(28)14-29-21-6-2-4-16-5-3-11-25-23(16)21/h2-13H,14H2,1H3,(H,27,28)/b26-13-. The molecule has 0 saturated heterocycles. The van der Waals surface area contributed by atoms with Crippen LogP contribution < -0.4 is 10.2 Å². The SMILES string of the molecule is Cc1ccc(-c2ccc(/C=N\NC(=O)COc3cccc4cccnc34)o2)c(Br)c1. The minimum atomic E-state index is -0.382. The molecule has 0 fully saturated rings. The number of para-hydroxylation sites is 1. The molecule has 2 aromatic heterocycles. The Kier molecular flexibility index (Phi) is 5.90. The molecule has 0 saturated carbocycles. The Bertz CT molecular complexity index is 1230. The number of benzene rings is 2. The highest BCUT2D eigenvalue weighted by Crippen LogP contribution is 2.30. The number of nitrogens with one attached hydrogen (secondary N) is 1. The van der Waals surface area contributed by atoms with Crippen LogP contribution in [0.5, 0.6) is 5.75 Å². The number of rotatable bonds is 6. The summed E-state index contributed by atoms with van der Waals surface area (Å²) in [6.45, 7) is 1.85. The van der Waals surface area contributed by atoms with Gasteiger partial charge in [-0.3, -0.25) is 9.78 Å². The minimum absolute atomic E-state index is 0.174. The third-order valence-electron chi connectivity index (χ3n) is 4.35. The molecule has 7 heteroatoms. The van der Waals surface area contributed by atoms with Gasteiger partial charge < -0.3 is 9.15 Å². The predicted molar refractivity (Wildman–Crippen MR) is 120 cm³/mol. The lowest BCUT2D eigenvalue weighted by atomic mass is 10.1. The maximum Gasteiger partial charge on any atom is 0.277 e. The van der Waals surface area contributed by atoms with E-state index in [0.717, 1.165) is 21.0 Å². The Morgan fingerprint density at radius 1 is 1.20 bits per heavy atom. The van der Waals surface area contributed by atoms with Crippen molar-refractivity contribution >= 4 is 39.0 Å². The molecule has 0 radical (unpaired) electrons. The summed E-state index contributed by atoms with van der Waals surface area (Å²) in [5, 5.41) is 4.88. The van der Waals surface area contributed by atoms with Crippen molar-refractivity contribution in [1.82, 2.24) is 10.4 Å². The highest BCUT2D eigenvalue weighted by molar-refractivity contribution is 9.10. The molecule has 30 heavy (non-hydrogen) atoms. The number of furan rings is 1. The van der Waals surface area contributed by atoms with Crippen LogP contribution in [0.1, 0.15) is 11.3 Å². The van der Waals surface area contributed by atoms with Crippen molar-refractivity contribution in [3.63, 3.8) is 0 Å². The van der Waals surface area contributed by atoms with E-state index >= 15 is 0 Å². The monoisotopic (exact) mass is 463 g/mol. The number of carbonyl (C=O) groups excluding carboxylic acids is 1. The van der Waals surface area contributed by atoms with Gasteiger partial charge in [0.25, 0.3) is 5.91 Å². The highest BCUT2D eigenvalue weighted by Gasteiger charge is 2.09. The molecule has 0 bridgehead atoms. The Morgan fingerprint density at radius 3 is 2.93 bits per heavy atom. The topological polar surface area (TPSA) is 76.7 Å². The van der Waals surface area contributed by atoms with E-state index in [0.29, 0.717) is 22.8 Å². The van der Waals surface area contributed by atoms with Crippen LogP contribution in [-0.2, 0) is 4.79 Å². The number of amides is 1. The number of pyridine rings is 1.